The van der Waals surface area contributed by atoms with Crippen molar-refractivity contribution >= 4 is 5.78 Å². The summed E-state index contributed by atoms with van der Waals surface area (Å²) >= 11 is 0. The van der Waals surface area contributed by atoms with E-state index in [-0.39, 0.29) is 5.78 Å². The Morgan fingerprint density at radius 1 is 1.18 bits per heavy atom. The Labute approximate surface area is 68.1 Å². The van der Waals surface area contributed by atoms with Crippen molar-refractivity contribution in [1.82, 2.24) is 0 Å². The zero-order chi connectivity index (χ0) is 8.69. The van der Waals surface area contributed by atoms with Crippen molar-refractivity contribution in [3.05, 3.63) is 36.0 Å². The van der Waals surface area contributed by atoms with E-state index in [4.69, 9.17) is 0 Å². The predicted molar refractivity (Wildman–Crippen MR) is 48.4 cm³/mol. The highest BCUT2D eigenvalue weighted by Crippen LogP contribution is 1.98. The van der Waals surface area contributed by atoms with Crippen molar-refractivity contribution in [2.45, 2.75) is 20.8 Å². The molecule has 0 saturated carbocycles. The van der Waals surface area contributed by atoms with Gasteiger partial charge in [-0.15, -0.1) is 0 Å². The lowest BCUT2D eigenvalue weighted by Gasteiger charge is -1.91. The van der Waals surface area contributed by atoms with E-state index in [0.717, 1.165) is 5.57 Å². The topological polar surface area (TPSA) is 17.1 Å². The van der Waals surface area contributed by atoms with Gasteiger partial charge in [0.2, 0.25) is 0 Å². The molecule has 0 aromatic carbocycles. The van der Waals surface area contributed by atoms with Crippen LogP contribution < -0.4 is 0 Å². The van der Waals surface area contributed by atoms with E-state index in [9.17, 15) is 4.79 Å². The molecule has 0 amide bonds. The summed E-state index contributed by atoms with van der Waals surface area (Å²) in [5.41, 5.74) is 0.741. The van der Waals surface area contributed by atoms with Gasteiger partial charge in [-0.25, -0.2) is 0 Å². The van der Waals surface area contributed by atoms with Crippen LogP contribution in [0.5, 0.6) is 0 Å². The second-order valence-corrected chi connectivity index (χ2v) is 2.20. The number of rotatable bonds is 3. The number of carbonyl (C=O) groups is 1. The molecule has 0 N–H and O–H groups in total. The standard InChI is InChI=1S/C10H14O/c1-4-6-8-10(7-5-2)9(3)11/h4-8H,1-3H3/b6-4-,7-5-,10-8+. The van der Waals surface area contributed by atoms with Gasteiger partial charge < -0.3 is 0 Å². The molecule has 0 saturated heterocycles. The van der Waals surface area contributed by atoms with Crippen molar-refractivity contribution < 1.29 is 4.79 Å². The molecule has 0 heterocycles. The van der Waals surface area contributed by atoms with E-state index >= 15 is 0 Å². The fourth-order valence-electron chi connectivity index (χ4n) is 0.670. The zero-order valence-corrected chi connectivity index (χ0v) is 7.29. The maximum atomic E-state index is 10.9. The third-order valence-corrected chi connectivity index (χ3v) is 1.22. The second kappa shape index (κ2) is 5.66. The van der Waals surface area contributed by atoms with Crippen LogP contribution in [-0.4, -0.2) is 5.78 Å². The Morgan fingerprint density at radius 2 is 1.82 bits per heavy atom. The lowest BCUT2D eigenvalue weighted by Crippen LogP contribution is -1.91. The molecule has 0 bridgehead atoms. The van der Waals surface area contributed by atoms with Crippen LogP contribution in [0.15, 0.2) is 36.0 Å². The normalized spacial score (nSPS) is 13.2. The smallest absolute Gasteiger partial charge is 0.159 e. The van der Waals surface area contributed by atoms with Gasteiger partial charge in [0.15, 0.2) is 5.78 Å². The Bertz CT molecular complexity index is 207. The summed E-state index contributed by atoms with van der Waals surface area (Å²) in [5.74, 6) is 0.0983. The van der Waals surface area contributed by atoms with Crippen molar-refractivity contribution in [3.63, 3.8) is 0 Å². The summed E-state index contributed by atoms with van der Waals surface area (Å²) in [7, 11) is 0. The summed E-state index contributed by atoms with van der Waals surface area (Å²) in [4.78, 5) is 10.9. The van der Waals surface area contributed by atoms with Crippen LogP contribution in [0, 0.1) is 0 Å². The summed E-state index contributed by atoms with van der Waals surface area (Å²) < 4.78 is 0. The van der Waals surface area contributed by atoms with Gasteiger partial charge in [0, 0.05) is 5.57 Å². The fourth-order valence-corrected chi connectivity index (χ4v) is 0.670. The van der Waals surface area contributed by atoms with Crippen LogP contribution in [0.4, 0.5) is 0 Å². The monoisotopic (exact) mass is 150 g/mol. The fraction of sp³-hybridized carbons (Fsp3) is 0.300. The summed E-state index contributed by atoms with van der Waals surface area (Å²) in [6.07, 6.45) is 9.23. The Kier molecular flexibility index (Phi) is 5.09. The molecular weight excluding hydrogens is 136 g/mol. The van der Waals surface area contributed by atoms with E-state index in [2.05, 4.69) is 0 Å². The van der Waals surface area contributed by atoms with Gasteiger partial charge >= 0.3 is 0 Å². The van der Waals surface area contributed by atoms with E-state index in [1.54, 1.807) is 6.92 Å². The van der Waals surface area contributed by atoms with Crippen LogP contribution in [0.3, 0.4) is 0 Å². The molecule has 0 spiro atoms. The maximum absolute atomic E-state index is 10.9. The van der Waals surface area contributed by atoms with Crippen LogP contribution in [0.1, 0.15) is 20.8 Å². The number of Topliss-reactive ketones (excluding diaryl/α,β-unsaturated/α-hetero) is 1. The number of hydrogen-bond donors (Lipinski definition) is 0. The highest BCUT2D eigenvalue weighted by Gasteiger charge is 1.94. The van der Waals surface area contributed by atoms with Crippen LogP contribution >= 0.6 is 0 Å². The van der Waals surface area contributed by atoms with Crippen LogP contribution in [-0.2, 0) is 4.79 Å². The molecule has 0 aliphatic rings. The van der Waals surface area contributed by atoms with Gasteiger partial charge in [0.1, 0.15) is 0 Å². The highest BCUT2D eigenvalue weighted by atomic mass is 16.1. The summed E-state index contributed by atoms with van der Waals surface area (Å²) in [6.45, 7) is 5.38. The SMILES string of the molecule is C\C=C/C=C(\C=C/C)C(C)=O. The molecular formula is C10H14O. The Morgan fingerprint density at radius 3 is 2.18 bits per heavy atom. The third-order valence-electron chi connectivity index (χ3n) is 1.22. The molecule has 0 aromatic heterocycles. The van der Waals surface area contributed by atoms with Crippen molar-refractivity contribution in [2.24, 2.45) is 0 Å². The van der Waals surface area contributed by atoms with Gasteiger partial charge in [-0.3, -0.25) is 4.79 Å². The van der Waals surface area contributed by atoms with E-state index in [1.165, 1.54) is 0 Å². The molecule has 0 radical (unpaired) electrons. The van der Waals surface area contributed by atoms with E-state index < -0.39 is 0 Å². The summed E-state index contributed by atoms with van der Waals surface area (Å²) in [5, 5.41) is 0. The van der Waals surface area contributed by atoms with Gasteiger partial charge in [-0.1, -0.05) is 30.4 Å². The number of ketones is 1. The minimum atomic E-state index is 0.0983. The Balaban J connectivity index is 4.45. The minimum absolute atomic E-state index is 0.0983. The highest BCUT2D eigenvalue weighted by molar-refractivity contribution is 5.96. The van der Waals surface area contributed by atoms with Gasteiger partial charge in [-0.2, -0.15) is 0 Å². The molecule has 0 aliphatic heterocycles. The number of allylic oxidation sites excluding steroid dienone is 6. The quantitative estimate of drug-likeness (QED) is 0.446. The first kappa shape index (κ1) is 9.89. The molecule has 11 heavy (non-hydrogen) atoms. The van der Waals surface area contributed by atoms with Crippen molar-refractivity contribution in [1.29, 1.82) is 0 Å². The molecule has 0 aromatic rings. The molecule has 0 atom stereocenters. The van der Waals surface area contributed by atoms with Gasteiger partial charge in [0.25, 0.3) is 0 Å². The maximum Gasteiger partial charge on any atom is 0.159 e. The predicted octanol–water partition coefficient (Wildman–Crippen LogP) is 2.65. The van der Waals surface area contributed by atoms with Gasteiger partial charge in [-0.05, 0) is 20.8 Å². The molecule has 0 unspecified atom stereocenters. The molecule has 1 heteroatoms. The second-order valence-electron chi connectivity index (χ2n) is 2.20. The van der Waals surface area contributed by atoms with E-state index in [0.29, 0.717) is 0 Å². The Hall–Kier alpha value is -1.11. The van der Waals surface area contributed by atoms with Crippen LogP contribution in [0.2, 0.25) is 0 Å². The minimum Gasteiger partial charge on any atom is -0.295 e. The number of hydrogen-bond acceptors (Lipinski definition) is 1. The first-order valence-electron chi connectivity index (χ1n) is 3.69. The van der Waals surface area contributed by atoms with Crippen molar-refractivity contribution in [3.8, 4) is 0 Å². The largest absolute Gasteiger partial charge is 0.295 e. The van der Waals surface area contributed by atoms with E-state index in [1.807, 2.05) is 44.2 Å². The van der Waals surface area contributed by atoms with Crippen LogP contribution in [0.25, 0.3) is 0 Å². The average molecular weight is 150 g/mol. The first-order valence-corrected chi connectivity index (χ1v) is 3.69. The number of carbonyl (C=O) groups excluding carboxylic acids is 1. The average Bonchev–Trinajstić information content (AvgIpc) is 1.97. The molecule has 0 rings (SSSR count). The summed E-state index contributed by atoms with van der Waals surface area (Å²) in [6, 6.07) is 0. The van der Waals surface area contributed by atoms with Gasteiger partial charge in [0.05, 0.1) is 0 Å². The molecule has 1 nitrogen and oxygen atoms in total. The zero-order valence-electron chi connectivity index (χ0n) is 7.29. The molecule has 0 fully saturated rings. The molecule has 60 valence electrons. The third kappa shape index (κ3) is 4.31. The lowest BCUT2D eigenvalue weighted by molar-refractivity contribution is -0.113. The van der Waals surface area contributed by atoms with Crippen molar-refractivity contribution in [2.75, 3.05) is 0 Å². The lowest BCUT2D eigenvalue weighted by atomic mass is 10.1. The first-order chi connectivity index (χ1) is 5.22. The molecule has 0 aliphatic carbocycles.